The summed E-state index contributed by atoms with van der Waals surface area (Å²) in [5.41, 5.74) is 0.499. The van der Waals surface area contributed by atoms with Gasteiger partial charge in [0.1, 0.15) is 5.69 Å². The monoisotopic (exact) mass is 298 g/mol. The van der Waals surface area contributed by atoms with E-state index < -0.39 is 0 Å². The van der Waals surface area contributed by atoms with Gasteiger partial charge in [0.15, 0.2) is 0 Å². The van der Waals surface area contributed by atoms with Crippen molar-refractivity contribution in [1.29, 1.82) is 0 Å². The molecule has 0 aromatic carbocycles. The smallest absolute Gasteiger partial charge is 0.333 e. The maximum absolute atomic E-state index is 11.2. The van der Waals surface area contributed by atoms with Crippen molar-refractivity contribution in [2.24, 2.45) is 5.92 Å². The third-order valence-corrected chi connectivity index (χ3v) is 2.93. The maximum atomic E-state index is 11.2. The van der Waals surface area contributed by atoms with E-state index in [1.165, 1.54) is 0 Å². The van der Waals surface area contributed by atoms with Crippen molar-refractivity contribution in [3.05, 3.63) is 15.8 Å². The Morgan fingerprint density at radius 3 is 2.57 bits per heavy atom. The number of anilines is 1. The van der Waals surface area contributed by atoms with Crippen LogP contribution >= 0.6 is 0 Å². The molecule has 1 aromatic rings. The van der Waals surface area contributed by atoms with Gasteiger partial charge < -0.3 is 10.1 Å². The number of nitrogens with zero attached hydrogens (tertiary/aromatic N) is 3. The van der Waals surface area contributed by atoms with Crippen LogP contribution in [0.1, 0.15) is 45.9 Å². The fourth-order valence-electron chi connectivity index (χ4n) is 2.00. The predicted molar refractivity (Wildman–Crippen MR) is 82.8 cm³/mol. The zero-order valence-corrected chi connectivity index (χ0v) is 13.5. The summed E-state index contributed by atoms with van der Waals surface area (Å²) < 4.78 is 7.17. The molecule has 7 nitrogen and oxygen atoms in total. The molecule has 0 radical (unpaired) electrons. The fourth-order valence-corrected chi connectivity index (χ4v) is 2.00. The summed E-state index contributed by atoms with van der Waals surface area (Å²) in [5, 5.41) is 18.6. The van der Waals surface area contributed by atoms with Crippen molar-refractivity contribution in [3.8, 4) is 0 Å². The molecule has 0 saturated carbocycles. The van der Waals surface area contributed by atoms with Crippen molar-refractivity contribution in [2.75, 3.05) is 25.1 Å². The Morgan fingerprint density at radius 2 is 2.05 bits per heavy atom. The molecule has 0 atom stereocenters. The van der Waals surface area contributed by atoms with E-state index in [0.717, 1.165) is 13.0 Å². The molecule has 21 heavy (non-hydrogen) atoms. The summed E-state index contributed by atoms with van der Waals surface area (Å²) in [4.78, 5) is 10.8. The summed E-state index contributed by atoms with van der Waals surface area (Å²) in [6.45, 7) is 11.8. The highest BCUT2D eigenvalue weighted by Crippen LogP contribution is 2.30. The lowest BCUT2D eigenvalue weighted by molar-refractivity contribution is -0.384. The molecule has 0 bridgehead atoms. The zero-order chi connectivity index (χ0) is 16.0. The van der Waals surface area contributed by atoms with Crippen molar-refractivity contribution in [1.82, 2.24) is 9.78 Å². The molecule has 0 aliphatic rings. The van der Waals surface area contributed by atoms with Crippen LogP contribution in [0.4, 0.5) is 11.5 Å². The second-order valence-electron chi connectivity index (χ2n) is 5.83. The highest BCUT2D eigenvalue weighted by molar-refractivity contribution is 5.59. The highest BCUT2D eigenvalue weighted by Gasteiger charge is 2.25. The molecule has 7 heteroatoms. The second kappa shape index (κ2) is 7.97. The van der Waals surface area contributed by atoms with Gasteiger partial charge in [-0.05, 0) is 33.1 Å². The molecule has 120 valence electrons. The molecule has 1 aromatic heterocycles. The van der Waals surface area contributed by atoms with Gasteiger partial charge in [-0.1, -0.05) is 13.8 Å². The topological polar surface area (TPSA) is 82.2 Å². The number of nitro groups is 1. The number of rotatable bonds is 9. The van der Waals surface area contributed by atoms with Crippen molar-refractivity contribution in [3.63, 3.8) is 0 Å². The van der Waals surface area contributed by atoms with E-state index >= 15 is 0 Å². The Bertz CT molecular complexity index is 469. The summed E-state index contributed by atoms with van der Waals surface area (Å²) in [5.74, 6) is 1.00. The molecule has 0 aliphatic heterocycles. The van der Waals surface area contributed by atoms with Crippen molar-refractivity contribution >= 4 is 11.5 Å². The summed E-state index contributed by atoms with van der Waals surface area (Å²) in [6, 6.07) is 0.0668. The van der Waals surface area contributed by atoms with Gasteiger partial charge in [0.2, 0.25) is 5.82 Å². The standard InChI is InChI=1S/C14H26N4O3/c1-10(2)9-21-8-6-7-15-14-13(18(19)20)12(5)16-17(14)11(3)4/h10-11,15H,6-9H2,1-5H3. The lowest BCUT2D eigenvalue weighted by atomic mass is 10.2. The minimum Gasteiger partial charge on any atom is -0.381 e. The number of hydrogen-bond donors (Lipinski definition) is 1. The van der Waals surface area contributed by atoms with E-state index in [0.29, 0.717) is 30.6 Å². The molecule has 1 rings (SSSR count). The van der Waals surface area contributed by atoms with Crippen molar-refractivity contribution < 1.29 is 9.66 Å². The molecule has 0 amide bonds. The first-order valence-corrected chi connectivity index (χ1v) is 7.39. The molecule has 0 unspecified atom stereocenters. The Balaban J connectivity index is 2.62. The first-order chi connectivity index (χ1) is 9.84. The van der Waals surface area contributed by atoms with Crippen molar-refractivity contribution in [2.45, 2.75) is 47.1 Å². The molecular weight excluding hydrogens is 272 g/mol. The Labute approximate surface area is 125 Å². The summed E-state index contributed by atoms with van der Waals surface area (Å²) >= 11 is 0. The molecule has 0 saturated heterocycles. The van der Waals surface area contributed by atoms with E-state index in [1.54, 1.807) is 11.6 Å². The number of hydrogen-bond acceptors (Lipinski definition) is 5. The van der Waals surface area contributed by atoms with Gasteiger partial charge in [0.05, 0.1) is 4.92 Å². The highest BCUT2D eigenvalue weighted by atomic mass is 16.6. The first kappa shape index (κ1) is 17.4. The van der Waals surface area contributed by atoms with Crippen LogP contribution in [0, 0.1) is 23.0 Å². The van der Waals surface area contributed by atoms with Gasteiger partial charge in [0.25, 0.3) is 0 Å². The Hall–Kier alpha value is -1.63. The SMILES string of the molecule is Cc1nn(C(C)C)c(NCCCOCC(C)C)c1[N+](=O)[O-]. The van der Waals surface area contributed by atoms with Crippen LogP contribution in [0.15, 0.2) is 0 Å². The van der Waals surface area contributed by atoms with Gasteiger partial charge in [-0.15, -0.1) is 0 Å². The van der Waals surface area contributed by atoms with Gasteiger partial charge in [-0.2, -0.15) is 5.10 Å². The molecule has 0 fully saturated rings. The fraction of sp³-hybridized carbons (Fsp3) is 0.786. The van der Waals surface area contributed by atoms with Crippen LogP contribution in [0.25, 0.3) is 0 Å². The lowest BCUT2D eigenvalue weighted by Gasteiger charge is -2.12. The van der Waals surface area contributed by atoms with Gasteiger partial charge in [0, 0.05) is 25.8 Å². The largest absolute Gasteiger partial charge is 0.381 e. The molecule has 1 N–H and O–H groups in total. The van der Waals surface area contributed by atoms with Gasteiger partial charge in [-0.3, -0.25) is 10.1 Å². The van der Waals surface area contributed by atoms with Crippen LogP contribution in [-0.4, -0.2) is 34.5 Å². The number of aryl methyl sites for hydroxylation is 1. The normalized spacial score (nSPS) is 11.4. The van der Waals surface area contributed by atoms with E-state index in [9.17, 15) is 10.1 Å². The Kier molecular flexibility index (Phi) is 6.61. The summed E-state index contributed by atoms with van der Waals surface area (Å²) in [6.07, 6.45) is 0.798. The number of nitrogens with one attached hydrogen (secondary N) is 1. The minimum absolute atomic E-state index is 0.0619. The van der Waals surface area contributed by atoms with Gasteiger partial charge in [-0.25, -0.2) is 4.68 Å². The maximum Gasteiger partial charge on any atom is 0.333 e. The zero-order valence-electron chi connectivity index (χ0n) is 13.5. The predicted octanol–water partition coefficient (Wildman–Crippen LogP) is 3.16. The average molecular weight is 298 g/mol. The second-order valence-corrected chi connectivity index (χ2v) is 5.83. The lowest BCUT2D eigenvalue weighted by Crippen LogP contribution is -2.13. The van der Waals surface area contributed by atoms with E-state index in [-0.39, 0.29) is 16.7 Å². The van der Waals surface area contributed by atoms with Crippen LogP contribution < -0.4 is 5.32 Å². The van der Waals surface area contributed by atoms with Crippen LogP contribution in [-0.2, 0) is 4.74 Å². The minimum atomic E-state index is -0.376. The summed E-state index contributed by atoms with van der Waals surface area (Å²) in [7, 11) is 0. The molecule has 0 aliphatic carbocycles. The van der Waals surface area contributed by atoms with Gasteiger partial charge >= 0.3 is 5.69 Å². The average Bonchev–Trinajstić information content (AvgIpc) is 2.70. The quantitative estimate of drug-likeness (QED) is 0.430. The third kappa shape index (κ3) is 5.00. The van der Waals surface area contributed by atoms with E-state index in [1.807, 2.05) is 13.8 Å². The molecule has 0 spiro atoms. The van der Waals surface area contributed by atoms with Crippen LogP contribution in [0.3, 0.4) is 0 Å². The first-order valence-electron chi connectivity index (χ1n) is 7.39. The van der Waals surface area contributed by atoms with E-state index in [2.05, 4.69) is 24.3 Å². The number of ether oxygens (including phenoxy) is 1. The van der Waals surface area contributed by atoms with Crippen LogP contribution in [0.2, 0.25) is 0 Å². The van der Waals surface area contributed by atoms with Crippen LogP contribution in [0.5, 0.6) is 0 Å². The van der Waals surface area contributed by atoms with E-state index in [4.69, 9.17) is 4.74 Å². The Morgan fingerprint density at radius 1 is 1.38 bits per heavy atom. The third-order valence-electron chi connectivity index (χ3n) is 2.93. The molecule has 1 heterocycles. The number of aromatic nitrogens is 2. The molecular formula is C14H26N4O3.